The first kappa shape index (κ1) is 12.2. The Bertz CT molecular complexity index is 369. The summed E-state index contributed by atoms with van der Waals surface area (Å²) < 4.78 is 51.7. The van der Waals surface area contributed by atoms with Gasteiger partial charge < -0.3 is 10.5 Å². The molecule has 0 aromatic carbocycles. The second-order valence-electron chi connectivity index (χ2n) is 2.45. The smallest absolute Gasteiger partial charge is 0.401 e. The molecule has 0 fully saturated rings. The van der Waals surface area contributed by atoms with E-state index in [1.54, 1.807) is 0 Å². The molecule has 0 aliphatic heterocycles. The van der Waals surface area contributed by atoms with Crippen molar-refractivity contribution in [2.45, 2.75) is 12.9 Å². The number of ether oxygens (including phenoxy) is 1. The fourth-order valence-corrected chi connectivity index (χ4v) is 1.28. The van der Waals surface area contributed by atoms with Gasteiger partial charge in [-0.3, -0.25) is 4.98 Å². The van der Waals surface area contributed by atoms with E-state index in [0.29, 0.717) is 6.20 Å². The van der Waals surface area contributed by atoms with Crippen molar-refractivity contribution in [1.29, 1.82) is 0 Å². The minimum atomic E-state index is -4.95. The number of rotatable bonds is 2. The van der Waals surface area contributed by atoms with Crippen molar-refractivity contribution in [2.24, 2.45) is 5.73 Å². The Morgan fingerprint density at radius 2 is 2.07 bits per heavy atom. The van der Waals surface area contributed by atoms with Crippen LogP contribution < -0.4 is 10.5 Å². The Hall–Kier alpha value is -0.890. The van der Waals surface area contributed by atoms with Crippen molar-refractivity contribution in [2.75, 3.05) is 0 Å². The zero-order chi connectivity index (χ0) is 11.6. The molecule has 0 radical (unpaired) electrons. The van der Waals surface area contributed by atoms with Gasteiger partial charge in [0.15, 0.2) is 11.6 Å². The van der Waals surface area contributed by atoms with E-state index < -0.39 is 17.9 Å². The Balaban J connectivity index is 3.07. The van der Waals surface area contributed by atoms with E-state index in [4.69, 9.17) is 5.73 Å². The molecule has 0 spiro atoms. The first-order valence-corrected chi connectivity index (χ1v) is 4.43. The summed E-state index contributed by atoms with van der Waals surface area (Å²) in [6.45, 7) is -0.0935. The summed E-state index contributed by atoms with van der Waals surface area (Å²) in [6.07, 6.45) is -4.32. The summed E-state index contributed by atoms with van der Waals surface area (Å²) in [6, 6.07) is 0. The fourth-order valence-electron chi connectivity index (χ4n) is 0.823. The number of pyridine rings is 1. The third-order valence-electron chi connectivity index (χ3n) is 1.42. The van der Waals surface area contributed by atoms with Crippen molar-refractivity contribution in [3.63, 3.8) is 0 Å². The van der Waals surface area contributed by atoms with E-state index in [1.165, 1.54) is 0 Å². The van der Waals surface area contributed by atoms with Crippen LogP contribution in [0.5, 0.6) is 5.75 Å². The van der Waals surface area contributed by atoms with Crippen LogP contribution in [-0.4, -0.2) is 11.3 Å². The van der Waals surface area contributed by atoms with Crippen LogP contribution in [0.25, 0.3) is 0 Å². The minimum Gasteiger partial charge on any atom is -0.401 e. The number of nitrogens with two attached hydrogens (primary N) is 1. The molecule has 84 valence electrons. The molecular weight excluding hydrogens is 284 g/mol. The lowest BCUT2D eigenvalue weighted by Crippen LogP contribution is -2.18. The van der Waals surface area contributed by atoms with Gasteiger partial charge in [0.05, 0.1) is 16.4 Å². The average molecular weight is 289 g/mol. The molecular formula is C7H5BrF4N2O. The van der Waals surface area contributed by atoms with Gasteiger partial charge in [-0.2, -0.15) is 0 Å². The van der Waals surface area contributed by atoms with Gasteiger partial charge in [0.1, 0.15) is 0 Å². The first-order valence-electron chi connectivity index (χ1n) is 3.64. The molecule has 0 unspecified atom stereocenters. The number of alkyl halides is 3. The van der Waals surface area contributed by atoms with E-state index in [-0.39, 0.29) is 16.7 Å². The highest BCUT2D eigenvalue weighted by atomic mass is 79.9. The highest BCUT2D eigenvalue weighted by Gasteiger charge is 2.33. The van der Waals surface area contributed by atoms with Crippen LogP contribution in [0.15, 0.2) is 10.7 Å². The van der Waals surface area contributed by atoms with E-state index in [2.05, 4.69) is 25.7 Å². The molecule has 1 heterocycles. The Morgan fingerprint density at radius 1 is 1.47 bits per heavy atom. The van der Waals surface area contributed by atoms with Crippen LogP contribution in [-0.2, 0) is 6.54 Å². The molecule has 0 amide bonds. The number of hydrogen-bond acceptors (Lipinski definition) is 3. The lowest BCUT2D eigenvalue weighted by molar-refractivity contribution is -0.275. The molecule has 0 bridgehead atoms. The zero-order valence-corrected chi connectivity index (χ0v) is 8.69. The zero-order valence-electron chi connectivity index (χ0n) is 7.11. The molecule has 0 aliphatic carbocycles. The quantitative estimate of drug-likeness (QED) is 0.850. The monoisotopic (exact) mass is 288 g/mol. The van der Waals surface area contributed by atoms with Gasteiger partial charge in [0.25, 0.3) is 0 Å². The lowest BCUT2D eigenvalue weighted by atomic mass is 10.3. The normalized spacial score (nSPS) is 11.6. The van der Waals surface area contributed by atoms with Gasteiger partial charge in [-0.15, -0.1) is 13.2 Å². The van der Waals surface area contributed by atoms with Crippen molar-refractivity contribution in [3.05, 3.63) is 22.2 Å². The Kier molecular flexibility index (Phi) is 3.50. The summed E-state index contributed by atoms with van der Waals surface area (Å²) >= 11 is 2.73. The molecule has 3 nitrogen and oxygen atoms in total. The van der Waals surface area contributed by atoms with Crippen molar-refractivity contribution in [3.8, 4) is 5.75 Å². The molecule has 1 aromatic heterocycles. The number of aromatic nitrogens is 1. The molecule has 0 saturated carbocycles. The van der Waals surface area contributed by atoms with Crippen LogP contribution in [0.4, 0.5) is 17.6 Å². The Labute approximate surface area is 90.4 Å². The fraction of sp³-hybridized carbons (Fsp3) is 0.286. The first-order chi connectivity index (χ1) is 6.85. The molecule has 0 atom stereocenters. The summed E-state index contributed by atoms with van der Waals surface area (Å²) in [5.74, 6) is -2.17. The van der Waals surface area contributed by atoms with Gasteiger partial charge in [-0.25, -0.2) is 4.39 Å². The van der Waals surface area contributed by atoms with Crippen LogP contribution in [0.2, 0.25) is 0 Å². The third kappa shape index (κ3) is 3.03. The maximum atomic E-state index is 13.2. The average Bonchev–Trinajstić information content (AvgIpc) is 2.11. The van der Waals surface area contributed by atoms with E-state index in [0.717, 1.165) is 0 Å². The van der Waals surface area contributed by atoms with Gasteiger partial charge in [0, 0.05) is 6.54 Å². The molecule has 1 aromatic rings. The SMILES string of the molecule is NCc1ncc(OC(F)(F)F)c(F)c1Br. The van der Waals surface area contributed by atoms with Crippen molar-refractivity contribution in [1.82, 2.24) is 4.98 Å². The highest BCUT2D eigenvalue weighted by Crippen LogP contribution is 2.30. The van der Waals surface area contributed by atoms with Crippen LogP contribution in [0.3, 0.4) is 0 Å². The molecule has 0 saturated heterocycles. The molecule has 2 N–H and O–H groups in total. The van der Waals surface area contributed by atoms with Crippen LogP contribution in [0.1, 0.15) is 5.69 Å². The Morgan fingerprint density at radius 3 is 2.53 bits per heavy atom. The predicted molar refractivity (Wildman–Crippen MR) is 46.5 cm³/mol. The molecule has 8 heteroatoms. The highest BCUT2D eigenvalue weighted by molar-refractivity contribution is 9.10. The summed E-state index contributed by atoms with van der Waals surface area (Å²) in [5, 5.41) is 0. The van der Waals surface area contributed by atoms with E-state index in [9.17, 15) is 17.6 Å². The van der Waals surface area contributed by atoms with Gasteiger partial charge in [0.2, 0.25) is 0 Å². The van der Waals surface area contributed by atoms with Crippen molar-refractivity contribution >= 4 is 15.9 Å². The summed E-state index contributed by atoms with van der Waals surface area (Å²) in [5.41, 5.74) is 5.29. The number of nitrogens with zero attached hydrogens (tertiary/aromatic N) is 1. The van der Waals surface area contributed by atoms with Gasteiger partial charge >= 0.3 is 6.36 Å². The van der Waals surface area contributed by atoms with Crippen LogP contribution >= 0.6 is 15.9 Å². The predicted octanol–water partition coefficient (Wildman–Crippen LogP) is 2.34. The summed E-state index contributed by atoms with van der Waals surface area (Å²) in [7, 11) is 0. The molecule has 1 rings (SSSR count). The second-order valence-corrected chi connectivity index (χ2v) is 3.24. The minimum absolute atomic E-state index is 0.0935. The largest absolute Gasteiger partial charge is 0.573 e. The molecule has 0 aliphatic rings. The van der Waals surface area contributed by atoms with Gasteiger partial charge in [-0.1, -0.05) is 0 Å². The van der Waals surface area contributed by atoms with E-state index >= 15 is 0 Å². The van der Waals surface area contributed by atoms with Crippen LogP contribution in [0, 0.1) is 5.82 Å². The molecule has 15 heavy (non-hydrogen) atoms. The summed E-state index contributed by atoms with van der Waals surface area (Å²) in [4.78, 5) is 3.50. The van der Waals surface area contributed by atoms with Crippen molar-refractivity contribution < 1.29 is 22.3 Å². The third-order valence-corrected chi connectivity index (χ3v) is 2.22. The maximum Gasteiger partial charge on any atom is 0.573 e. The van der Waals surface area contributed by atoms with Gasteiger partial charge in [-0.05, 0) is 15.9 Å². The van der Waals surface area contributed by atoms with E-state index in [1.807, 2.05) is 0 Å². The number of halogens is 5. The lowest BCUT2D eigenvalue weighted by Gasteiger charge is -2.11. The number of hydrogen-bond donors (Lipinski definition) is 1. The second kappa shape index (κ2) is 4.31. The standard InChI is InChI=1S/C7H5BrF4N2O/c8-5-3(1-13)14-2-4(6(5)9)15-7(10,11)12/h2H,1,13H2. The maximum absolute atomic E-state index is 13.2. The topological polar surface area (TPSA) is 48.1 Å².